The van der Waals surface area contributed by atoms with Crippen LogP contribution in [0.4, 0.5) is 5.69 Å². The first kappa shape index (κ1) is 18.5. The van der Waals surface area contributed by atoms with Crippen molar-refractivity contribution in [3.63, 3.8) is 0 Å². The molecule has 5 heteroatoms. The van der Waals surface area contributed by atoms with Gasteiger partial charge in [-0.25, -0.2) is 0 Å². The quantitative estimate of drug-likeness (QED) is 0.652. The Bertz CT molecular complexity index is 889. The van der Waals surface area contributed by atoms with E-state index in [1.54, 1.807) is 36.4 Å². The zero-order valence-corrected chi connectivity index (χ0v) is 15.1. The lowest BCUT2D eigenvalue weighted by Gasteiger charge is -2.17. The third-order valence-corrected chi connectivity index (χ3v) is 4.44. The van der Waals surface area contributed by atoms with Gasteiger partial charge >= 0.3 is 0 Å². The highest BCUT2D eigenvalue weighted by atomic mass is 16.3. The summed E-state index contributed by atoms with van der Waals surface area (Å²) in [6.07, 6.45) is 2.35. The molecule has 3 aromatic rings. The zero-order valence-electron chi connectivity index (χ0n) is 15.1. The molecule has 3 rings (SSSR count). The molecule has 1 atom stereocenters. The summed E-state index contributed by atoms with van der Waals surface area (Å²) in [7, 11) is 0. The van der Waals surface area contributed by atoms with E-state index in [0.717, 1.165) is 6.42 Å². The minimum absolute atomic E-state index is 0.195. The summed E-state index contributed by atoms with van der Waals surface area (Å²) in [5.41, 5.74) is 2.06. The molecular formula is C22H22N2O3. The van der Waals surface area contributed by atoms with Gasteiger partial charge in [0.15, 0.2) is 5.76 Å². The van der Waals surface area contributed by atoms with Crippen LogP contribution in [0.2, 0.25) is 0 Å². The van der Waals surface area contributed by atoms with Crippen molar-refractivity contribution in [1.82, 2.24) is 5.32 Å². The van der Waals surface area contributed by atoms with Gasteiger partial charge in [0, 0.05) is 12.5 Å². The summed E-state index contributed by atoms with van der Waals surface area (Å²) in [6, 6.07) is 20.3. The van der Waals surface area contributed by atoms with Crippen molar-refractivity contribution in [3.8, 4) is 0 Å². The molecule has 0 aliphatic carbocycles. The van der Waals surface area contributed by atoms with E-state index in [2.05, 4.69) is 29.7 Å². The van der Waals surface area contributed by atoms with E-state index in [4.69, 9.17) is 4.42 Å². The van der Waals surface area contributed by atoms with Crippen LogP contribution in [0.25, 0.3) is 0 Å². The number of benzene rings is 2. The number of anilines is 1. The number of nitrogens with one attached hydrogen (secondary N) is 2. The van der Waals surface area contributed by atoms with Crippen molar-refractivity contribution in [2.75, 3.05) is 11.9 Å². The van der Waals surface area contributed by atoms with E-state index in [9.17, 15) is 9.59 Å². The fourth-order valence-corrected chi connectivity index (χ4v) is 2.92. The van der Waals surface area contributed by atoms with Gasteiger partial charge < -0.3 is 15.1 Å². The lowest BCUT2D eigenvalue weighted by molar-refractivity contribution is 0.0951. The van der Waals surface area contributed by atoms with Crippen LogP contribution in [-0.2, 0) is 0 Å². The SMILES string of the molecule is CC[C@H](CNC(=O)c1ccccc1NC(=O)c1ccco1)c1ccccc1. The average molecular weight is 362 g/mol. The monoisotopic (exact) mass is 362 g/mol. The van der Waals surface area contributed by atoms with E-state index in [1.807, 2.05) is 18.2 Å². The molecule has 138 valence electrons. The van der Waals surface area contributed by atoms with Gasteiger partial charge in [-0.15, -0.1) is 0 Å². The highest BCUT2D eigenvalue weighted by Gasteiger charge is 2.17. The first-order chi connectivity index (χ1) is 13.2. The molecule has 0 saturated carbocycles. The normalized spacial score (nSPS) is 11.6. The van der Waals surface area contributed by atoms with Crippen molar-refractivity contribution in [2.24, 2.45) is 0 Å². The molecule has 2 aromatic carbocycles. The lowest BCUT2D eigenvalue weighted by Crippen LogP contribution is -2.29. The second-order valence-electron chi connectivity index (χ2n) is 6.20. The molecule has 2 N–H and O–H groups in total. The summed E-state index contributed by atoms with van der Waals surface area (Å²) in [6.45, 7) is 2.63. The predicted molar refractivity (Wildman–Crippen MR) is 105 cm³/mol. The Morgan fingerprint density at radius 1 is 0.926 bits per heavy atom. The Labute approximate surface area is 158 Å². The second kappa shape index (κ2) is 8.85. The number of para-hydroxylation sites is 1. The molecular weight excluding hydrogens is 340 g/mol. The van der Waals surface area contributed by atoms with Crippen LogP contribution in [0.3, 0.4) is 0 Å². The molecule has 2 amide bonds. The summed E-state index contributed by atoms with van der Waals surface area (Å²) in [4.78, 5) is 24.9. The third kappa shape index (κ3) is 4.64. The molecule has 0 spiro atoms. The number of amides is 2. The van der Waals surface area contributed by atoms with Gasteiger partial charge in [-0.2, -0.15) is 0 Å². The van der Waals surface area contributed by atoms with Crippen LogP contribution < -0.4 is 10.6 Å². The number of furan rings is 1. The predicted octanol–water partition coefficient (Wildman–Crippen LogP) is 4.46. The highest BCUT2D eigenvalue weighted by Crippen LogP contribution is 2.20. The van der Waals surface area contributed by atoms with Crippen LogP contribution in [0.1, 0.15) is 45.7 Å². The smallest absolute Gasteiger partial charge is 0.291 e. The maximum absolute atomic E-state index is 12.7. The molecule has 1 aromatic heterocycles. The maximum Gasteiger partial charge on any atom is 0.291 e. The zero-order chi connectivity index (χ0) is 19.1. The standard InChI is InChI=1S/C22H22N2O3/c1-2-16(17-9-4-3-5-10-17)15-23-21(25)18-11-6-7-12-19(18)24-22(26)20-13-8-14-27-20/h3-14,16H,2,15H2,1H3,(H,23,25)(H,24,26)/t16-/m1/s1. The van der Waals surface area contributed by atoms with Crippen LogP contribution in [0.5, 0.6) is 0 Å². The second-order valence-corrected chi connectivity index (χ2v) is 6.20. The van der Waals surface area contributed by atoms with E-state index in [1.165, 1.54) is 11.8 Å². The molecule has 0 bridgehead atoms. The van der Waals surface area contributed by atoms with Crippen LogP contribution in [0, 0.1) is 0 Å². The molecule has 0 aliphatic rings. The van der Waals surface area contributed by atoms with Gasteiger partial charge in [0.2, 0.25) is 0 Å². The summed E-state index contributed by atoms with van der Waals surface area (Å²) in [5.74, 6) is -0.184. The first-order valence-electron chi connectivity index (χ1n) is 8.96. The number of rotatable bonds is 7. The van der Waals surface area contributed by atoms with Crippen LogP contribution in [0.15, 0.2) is 77.4 Å². The van der Waals surface area contributed by atoms with Gasteiger partial charge in [0.05, 0.1) is 17.5 Å². The van der Waals surface area contributed by atoms with Crippen LogP contribution >= 0.6 is 0 Å². The Balaban J connectivity index is 1.69. The van der Waals surface area contributed by atoms with E-state index in [0.29, 0.717) is 17.8 Å². The van der Waals surface area contributed by atoms with Crippen molar-refractivity contribution in [1.29, 1.82) is 0 Å². The van der Waals surface area contributed by atoms with Gasteiger partial charge in [-0.1, -0.05) is 49.4 Å². The topological polar surface area (TPSA) is 71.3 Å². The van der Waals surface area contributed by atoms with Gasteiger partial charge in [0.1, 0.15) is 0 Å². The minimum Gasteiger partial charge on any atom is -0.459 e. The van der Waals surface area contributed by atoms with E-state index >= 15 is 0 Å². The molecule has 0 aliphatic heterocycles. The highest BCUT2D eigenvalue weighted by molar-refractivity contribution is 6.07. The average Bonchev–Trinajstić information content (AvgIpc) is 3.24. The lowest BCUT2D eigenvalue weighted by atomic mass is 9.96. The van der Waals surface area contributed by atoms with Crippen molar-refractivity contribution in [3.05, 3.63) is 89.9 Å². The Hall–Kier alpha value is -3.34. The number of hydrogen-bond acceptors (Lipinski definition) is 3. The Kier molecular flexibility index (Phi) is 6.05. The van der Waals surface area contributed by atoms with E-state index < -0.39 is 5.91 Å². The van der Waals surface area contributed by atoms with Gasteiger partial charge in [-0.05, 0) is 36.2 Å². The van der Waals surface area contributed by atoms with Gasteiger partial charge in [0.25, 0.3) is 11.8 Å². The number of carbonyl (C=O) groups excluding carboxylic acids is 2. The molecule has 0 fully saturated rings. The maximum atomic E-state index is 12.7. The third-order valence-electron chi connectivity index (χ3n) is 4.44. The summed E-state index contributed by atoms with van der Waals surface area (Å²) in [5, 5.41) is 5.72. The van der Waals surface area contributed by atoms with Crippen molar-refractivity contribution >= 4 is 17.5 Å². The Morgan fingerprint density at radius 2 is 1.67 bits per heavy atom. The largest absolute Gasteiger partial charge is 0.459 e. The van der Waals surface area contributed by atoms with Crippen LogP contribution in [-0.4, -0.2) is 18.4 Å². The van der Waals surface area contributed by atoms with Crippen molar-refractivity contribution < 1.29 is 14.0 Å². The van der Waals surface area contributed by atoms with E-state index in [-0.39, 0.29) is 17.6 Å². The molecule has 0 unspecified atom stereocenters. The molecule has 0 radical (unpaired) electrons. The number of hydrogen-bond donors (Lipinski definition) is 2. The first-order valence-corrected chi connectivity index (χ1v) is 8.96. The molecule has 27 heavy (non-hydrogen) atoms. The fraction of sp³-hybridized carbons (Fsp3) is 0.182. The molecule has 0 saturated heterocycles. The van der Waals surface area contributed by atoms with Gasteiger partial charge in [-0.3, -0.25) is 9.59 Å². The summed E-state index contributed by atoms with van der Waals surface area (Å²) < 4.78 is 5.10. The minimum atomic E-state index is -0.393. The molecule has 1 heterocycles. The summed E-state index contributed by atoms with van der Waals surface area (Å²) >= 11 is 0. The Morgan fingerprint density at radius 3 is 2.37 bits per heavy atom. The molecule has 5 nitrogen and oxygen atoms in total. The van der Waals surface area contributed by atoms with Crippen molar-refractivity contribution in [2.45, 2.75) is 19.3 Å². The fourth-order valence-electron chi connectivity index (χ4n) is 2.92. The number of carbonyl (C=O) groups is 2.